The number of ether oxygens (including phenoxy) is 1. The fraction of sp³-hybridized carbons (Fsp3) is 0.407. The zero-order chi connectivity index (χ0) is 22.7. The van der Waals surface area contributed by atoms with Crippen LogP contribution in [0, 0.1) is 0 Å². The lowest BCUT2D eigenvalue weighted by atomic mass is 9.92. The van der Waals surface area contributed by atoms with Crippen LogP contribution in [0.3, 0.4) is 0 Å². The van der Waals surface area contributed by atoms with Gasteiger partial charge in [-0.1, -0.05) is 55.3 Å². The number of amides is 1. The number of Topliss-reactive ketones (excluding diaryl/α,β-unsaturated/α-hetero) is 1. The predicted octanol–water partition coefficient (Wildman–Crippen LogP) is 5.31. The summed E-state index contributed by atoms with van der Waals surface area (Å²) in [5.74, 6) is -0.311. The molecule has 0 saturated heterocycles. The third kappa shape index (κ3) is 4.57. The fourth-order valence-electron chi connectivity index (χ4n) is 4.86. The third-order valence-corrected chi connectivity index (χ3v) is 6.29. The average Bonchev–Trinajstić information content (AvgIpc) is 3.39. The lowest BCUT2D eigenvalue weighted by Gasteiger charge is -2.32. The summed E-state index contributed by atoms with van der Waals surface area (Å²) in [7, 11) is 0. The number of nitrogens with zero attached hydrogens (tertiary/aromatic N) is 1. The highest BCUT2D eigenvalue weighted by molar-refractivity contribution is 6.09. The van der Waals surface area contributed by atoms with Crippen molar-refractivity contribution < 1.29 is 19.4 Å². The lowest BCUT2D eigenvalue weighted by Crippen LogP contribution is -2.38. The minimum absolute atomic E-state index is 0.0114. The number of aliphatic hydroxyl groups is 1. The molecular formula is C27H31NO4. The van der Waals surface area contributed by atoms with Gasteiger partial charge in [0.05, 0.1) is 17.7 Å². The van der Waals surface area contributed by atoms with Crippen LogP contribution in [0.2, 0.25) is 0 Å². The van der Waals surface area contributed by atoms with E-state index in [0.717, 1.165) is 36.8 Å². The van der Waals surface area contributed by atoms with Crippen LogP contribution in [0.15, 0.2) is 65.9 Å². The van der Waals surface area contributed by atoms with Gasteiger partial charge in [0.25, 0.3) is 5.91 Å². The molecule has 5 heteroatoms. The number of aryl methyl sites for hydroxylation is 1. The van der Waals surface area contributed by atoms with Gasteiger partial charge in [-0.15, -0.1) is 0 Å². The maximum Gasteiger partial charge on any atom is 0.290 e. The third-order valence-electron chi connectivity index (χ3n) is 6.29. The van der Waals surface area contributed by atoms with Crippen LogP contribution in [-0.4, -0.2) is 33.8 Å². The molecule has 0 bridgehead atoms. The summed E-state index contributed by atoms with van der Waals surface area (Å²) >= 11 is 0. The normalized spacial score (nSPS) is 19.3. The molecule has 0 radical (unpaired) electrons. The van der Waals surface area contributed by atoms with Gasteiger partial charge in [-0.25, -0.2) is 0 Å². The van der Waals surface area contributed by atoms with Gasteiger partial charge in [-0.05, 0) is 56.4 Å². The van der Waals surface area contributed by atoms with Gasteiger partial charge >= 0.3 is 0 Å². The van der Waals surface area contributed by atoms with Gasteiger partial charge in [0.15, 0.2) is 11.5 Å². The van der Waals surface area contributed by atoms with E-state index in [0.29, 0.717) is 12.2 Å². The number of hydrogen-bond donors (Lipinski definition) is 1. The summed E-state index contributed by atoms with van der Waals surface area (Å²) in [5.41, 5.74) is 2.08. The maximum absolute atomic E-state index is 13.4. The molecule has 1 aliphatic heterocycles. The highest BCUT2D eigenvalue weighted by Crippen LogP contribution is 2.43. The van der Waals surface area contributed by atoms with Crippen molar-refractivity contribution >= 4 is 11.7 Å². The van der Waals surface area contributed by atoms with E-state index in [-0.39, 0.29) is 29.9 Å². The van der Waals surface area contributed by atoms with Crippen LogP contribution in [-0.2, 0) is 16.0 Å². The van der Waals surface area contributed by atoms with Crippen molar-refractivity contribution in [3.63, 3.8) is 0 Å². The second kappa shape index (κ2) is 9.60. The first-order valence-electron chi connectivity index (χ1n) is 11.5. The Labute approximate surface area is 189 Å². The smallest absolute Gasteiger partial charge is 0.290 e. The molecule has 5 nitrogen and oxygen atoms in total. The summed E-state index contributed by atoms with van der Waals surface area (Å²) in [5, 5.41) is 10.8. The van der Waals surface area contributed by atoms with E-state index in [1.54, 1.807) is 4.90 Å². The Bertz CT molecular complexity index is 1010. The Morgan fingerprint density at radius 3 is 2.50 bits per heavy atom. The minimum Gasteiger partial charge on any atom is -0.503 e. The van der Waals surface area contributed by atoms with Crippen LogP contribution in [0.25, 0.3) is 0 Å². The molecule has 4 rings (SSSR count). The van der Waals surface area contributed by atoms with Crippen LogP contribution in [0.1, 0.15) is 63.1 Å². The highest BCUT2D eigenvalue weighted by Gasteiger charge is 2.46. The number of ketones is 1. The van der Waals surface area contributed by atoms with Crippen molar-refractivity contribution in [1.82, 2.24) is 4.90 Å². The molecule has 0 aromatic heterocycles. The quantitative estimate of drug-likeness (QED) is 0.612. The van der Waals surface area contributed by atoms with E-state index in [9.17, 15) is 14.7 Å². The molecule has 1 unspecified atom stereocenters. The van der Waals surface area contributed by atoms with Crippen LogP contribution >= 0.6 is 0 Å². The molecule has 1 saturated carbocycles. The molecule has 1 heterocycles. The SMILES string of the molecule is CC(C)Oc1cccc(C2C(C(=O)CCc3ccccc3)=C(O)C(=O)N2C2CCCC2)c1. The molecular weight excluding hydrogens is 402 g/mol. The zero-order valence-electron chi connectivity index (χ0n) is 18.8. The number of rotatable bonds is 8. The minimum atomic E-state index is -0.579. The Hall–Kier alpha value is -3.08. The summed E-state index contributed by atoms with van der Waals surface area (Å²) in [6.45, 7) is 3.92. The Morgan fingerprint density at radius 1 is 1.09 bits per heavy atom. The van der Waals surface area contributed by atoms with E-state index >= 15 is 0 Å². The topological polar surface area (TPSA) is 66.8 Å². The van der Waals surface area contributed by atoms with E-state index in [1.165, 1.54) is 0 Å². The largest absolute Gasteiger partial charge is 0.503 e. The van der Waals surface area contributed by atoms with Gasteiger partial charge in [-0.2, -0.15) is 0 Å². The van der Waals surface area contributed by atoms with Crippen molar-refractivity contribution in [3.05, 3.63) is 77.1 Å². The van der Waals surface area contributed by atoms with Crippen molar-refractivity contribution in [2.24, 2.45) is 0 Å². The van der Waals surface area contributed by atoms with Crippen LogP contribution < -0.4 is 4.74 Å². The summed E-state index contributed by atoms with van der Waals surface area (Å²) in [6.07, 6.45) is 4.71. The molecule has 1 aliphatic carbocycles. The number of hydrogen-bond acceptors (Lipinski definition) is 4. The van der Waals surface area contributed by atoms with E-state index in [2.05, 4.69) is 0 Å². The number of benzene rings is 2. The summed E-state index contributed by atoms with van der Waals surface area (Å²) in [6, 6.07) is 16.8. The Kier molecular flexibility index (Phi) is 6.63. The van der Waals surface area contributed by atoms with Gasteiger partial charge < -0.3 is 14.7 Å². The number of carbonyl (C=O) groups excluding carboxylic acids is 2. The molecule has 0 spiro atoms. The van der Waals surface area contributed by atoms with Gasteiger partial charge in [-0.3, -0.25) is 9.59 Å². The zero-order valence-corrected chi connectivity index (χ0v) is 18.8. The van der Waals surface area contributed by atoms with Gasteiger partial charge in [0.2, 0.25) is 0 Å². The van der Waals surface area contributed by atoms with E-state index in [1.807, 2.05) is 68.4 Å². The Balaban J connectivity index is 1.67. The van der Waals surface area contributed by atoms with Crippen molar-refractivity contribution in [2.75, 3.05) is 0 Å². The molecule has 2 aliphatic rings. The lowest BCUT2D eigenvalue weighted by molar-refractivity contribution is -0.131. The predicted molar refractivity (Wildman–Crippen MR) is 123 cm³/mol. The second-order valence-corrected chi connectivity index (χ2v) is 8.96. The van der Waals surface area contributed by atoms with Gasteiger partial charge in [0, 0.05) is 12.5 Å². The molecule has 1 fully saturated rings. The summed E-state index contributed by atoms with van der Waals surface area (Å²) in [4.78, 5) is 28.3. The van der Waals surface area contributed by atoms with Crippen molar-refractivity contribution in [3.8, 4) is 5.75 Å². The second-order valence-electron chi connectivity index (χ2n) is 8.96. The monoisotopic (exact) mass is 433 g/mol. The number of carbonyl (C=O) groups is 2. The molecule has 1 amide bonds. The van der Waals surface area contributed by atoms with Gasteiger partial charge in [0.1, 0.15) is 5.75 Å². The van der Waals surface area contributed by atoms with E-state index in [4.69, 9.17) is 4.74 Å². The van der Waals surface area contributed by atoms with Crippen molar-refractivity contribution in [2.45, 2.75) is 70.6 Å². The highest BCUT2D eigenvalue weighted by atomic mass is 16.5. The molecule has 1 atom stereocenters. The average molecular weight is 434 g/mol. The maximum atomic E-state index is 13.4. The first-order chi connectivity index (χ1) is 15.5. The molecule has 168 valence electrons. The van der Waals surface area contributed by atoms with Crippen molar-refractivity contribution in [1.29, 1.82) is 0 Å². The Morgan fingerprint density at radius 2 is 1.81 bits per heavy atom. The first-order valence-corrected chi connectivity index (χ1v) is 11.5. The fourth-order valence-corrected chi connectivity index (χ4v) is 4.86. The molecule has 2 aromatic rings. The number of aliphatic hydroxyl groups excluding tert-OH is 1. The molecule has 32 heavy (non-hydrogen) atoms. The first kappa shape index (κ1) is 22.1. The van der Waals surface area contributed by atoms with Crippen LogP contribution in [0.5, 0.6) is 5.75 Å². The van der Waals surface area contributed by atoms with E-state index < -0.39 is 17.7 Å². The van der Waals surface area contributed by atoms with Crippen LogP contribution in [0.4, 0.5) is 0 Å². The standard InChI is InChI=1S/C27H31NO4/c1-18(2)32-22-14-8-11-20(17-22)25-24(23(29)16-15-19-9-4-3-5-10-19)26(30)27(31)28(25)21-12-6-7-13-21/h3-5,8-11,14,17-18,21,25,30H,6-7,12-13,15-16H2,1-2H3. The summed E-state index contributed by atoms with van der Waals surface area (Å²) < 4.78 is 5.86. The molecule has 1 N–H and O–H groups in total. The molecule has 2 aromatic carbocycles.